The molecule has 5 nitrogen and oxygen atoms in total. The number of hydrogen-bond acceptors (Lipinski definition) is 3. The third-order valence-corrected chi connectivity index (χ3v) is 3.72. The standard InChI is InChI=1S/C13H20N4O/c1-2-16-8-11(14)12(15-16)13(18)17(10-5-6-10)7-9-3-4-9/h8-10H,2-7,14H2,1H3. The quantitative estimate of drug-likeness (QED) is 0.858. The molecular formula is C13H20N4O. The average molecular weight is 248 g/mol. The molecule has 2 aliphatic rings. The van der Waals surface area contributed by atoms with Crippen LogP contribution in [0.15, 0.2) is 6.20 Å². The maximum atomic E-state index is 12.5. The summed E-state index contributed by atoms with van der Waals surface area (Å²) in [4.78, 5) is 14.5. The Morgan fingerprint density at radius 1 is 1.50 bits per heavy atom. The first kappa shape index (κ1) is 11.6. The van der Waals surface area contributed by atoms with Gasteiger partial charge in [0.05, 0.1) is 5.69 Å². The monoisotopic (exact) mass is 248 g/mol. The number of nitrogens with zero attached hydrogens (tertiary/aromatic N) is 3. The summed E-state index contributed by atoms with van der Waals surface area (Å²) in [6.07, 6.45) is 6.53. The lowest BCUT2D eigenvalue weighted by Crippen LogP contribution is -2.35. The number of rotatable bonds is 5. The van der Waals surface area contributed by atoms with Crippen LogP contribution in [0.1, 0.15) is 43.1 Å². The van der Waals surface area contributed by atoms with E-state index in [-0.39, 0.29) is 5.91 Å². The number of aryl methyl sites for hydroxylation is 1. The SMILES string of the molecule is CCn1cc(N)c(C(=O)N(CC2CC2)C2CC2)n1. The first-order chi connectivity index (χ1) is 8.69. The fraction of sp³-hybridized carbons (Fsp3) is 0.692. The highest BCUT2D eigenvalue weighted by molar-refractivity contribution is 5.97. The molecule has 2 aliphatic carbocycles. The predicted octanol–water partition coefficient (Wildman–Crippen LogP) is 1.50. The molecule has 5 heteroatoms. The van der Waals surface area contributed by atoms with Gasteiger partial charge in [-0.05, 0) is 38.5 Å². The Balaban J connectivity index is 1.79. The van der Waals surface area contributed by atoms with Crippen LogP contribution in [-0.2, 0) is 6.54 Å². The van der Waals surface area contributed by atoms with Crippen LogP contribution < -0.4 is 5.73 Å². The van der Waals surface area contributed by atoms with Crippen molar-refractivity contribution in [1.29, 1.82) is 0 Å². The van der Waals surface area contributed by atoms with Crippen molar-refractivity contribution in [3.05, 3.63) is 11.9 Å². The second-order valence-corrected chi connectivity index (χ2v) is 5.42. The second kappa shape index (κ2) is 4.30. The molecule has 2 N–H and O–H groups in total. The van der Waals surface area contributed by atoms with E-state index in [4.69, 9.17) is 5.73 Å². The fourth-order valence-electron chi connectivity index (χ4n) is 2.26. The third-order valence-electron chi connectivity index (χ3n) is 3.72. The Morgan fingerprint density at radius 2 is 2.22 bits per heavy atom. The van der Waals surface area contributed by atoms with Gasteiger partial charge in [0.2, 0.25) is 0 Å². The molecule has 1 aromatic heterocycles. The average Bonchev–Trinajstić information content (AvgIpc) is 3.23. The van der Waals surface area contributed by atoms with Crippen molar-refractivity contribution in [1.82, 2.24) is 14.7 Å². The maximum Gasteiger partial charge on any atom is 0.276 e. The second-order valence-electron chi connectivity index (χ2n) is 5.42. The normalized spacial score (nSPS) is 18.9. The summed E-state index contributed by atoms with van der Waals surface area (Å²) < 4.78 is 1.73. The smallest absolute Gasteiger partial charge is 0.276 e. The van der Waals surface area contributed by atoms with E-state index in [2.05, 4.69) is 5.10 Å². The third kappa shape index (κ3) is 2.21. The van der Waals surface area contributed by atoms with E-state index in [0.29, 0.717) is 23.3 Å². The summed E-state index contributed by atoms with van der Waals surface area (Å²) in [5.74, 6) is 0.734. The molecule has 3 rings (SSSR count). The predicted molar refractivity (Wildman–Crippen MR) is 69.1 cm³/mol. The van der Waals surface area contributed by atoms with Gasteiger partial charge in [0.25, 0.3) is 5.91 Å². The van der Waals surface area contributed by atoms with Crippen molar-refractivity contribution in [2.45, 2.75) is 45.2 Å². The van der Waals surface area contributed by atoms with E-state index in [9.17, 15) is 4.79 Å². The molecule has 0 radical (unpaired) electrons. The molecule has 1 amide bonds. The van der Waals surface area contributed by atoms with E-state index >= 15 is 0 Å². The van der Waals surface area contributed by atoms with Gasteiger partial charge in [-0.2, -0.15) is 5.10 Å². The zero-order valence-corrected chi connectivity index (χ0v) is 10.8. The molecule has 0 spiro atoms. The Hall–Kier alpha value is -1.52. The van der Waals surface area contributed by atoms with Crippen LogP contribution >= 0.6 is 0 Å². The highest BCUT2D eigenvalue weighted by Crippen LogP contribution is 2.35. The van der Waals surface area contributed by atoms with Crippen molar-refractivity contribution in [2.75, 3.05) is 12.3 Å². The molecule has 0 aromatic carbocycles. The summed E-state index contributed by atoms with van der Waals surface area (Å²) in [6.45, 7) is 3.62. The van der Waals surface area contributed by atoms with Crippen molar-refractivity contribution in [3.63, 3.8) is 0 Å². The van der Waals surface area contributed by atoms with Crippen LogP contribution in [0.5, 0.6) is 0 Å². The van der Waals surface area contributed by atoms with Gasteiger partial charge < -0.3 is 10.6 Å². The highest BCUT2D eigenvalue weighted by Gasteiger charge is 2.38. The Bertz CT molecular complexity index is 460. The summed E-state index contributed by atoms with van der Waals surface area (Å²) in [5, 5.41) is 4.29. The molecule has 98 valence electrons. The maximum absolute atomic E-state index is 12.5. The molecule has 18 heavy (non-hydrogen) atoms. The Labute approximate surface area is 107 Å². The summed E-state index contributed by atoms with van der Waals surface area (Å²) >= 11 is 0. The fourth-order valence-corrected chi connectivity index (χ4v) is 2.26. The minimum Gasteiger partial charge on any atom is -0.396 e. The molecular weight excluding hydrogens is 228 g/mol. The number of amides is 1. The van der Waals surface area contributed by atoms with Gasteiger partial charge in [0.15, 0.2) is 5.69 Å². The minimum atomic E-state index is 0.0223. The lowest BCUT2D eigenvalue weighted by atomic mass is 10.3. The van der Waals surface area contributed by atoms with Crippen molar-refractivity contribution in [3.8, 4) is 0 Å². The summed E-state index contributed by atoms with van der Waals surface area (Å²) in [7, 11) is 0. The number of carbonyl (C=O) groups is 1. The highest BCUT2D eigenvalue weighted by atomic mass is 16.2. The molecule has 2 saturated carbocycles. The van der Waals surface area contributed by atoms with Crippen LogP contribution in [-0.4, -0.2) is 33.2 Å². The van der Waals surface area contributed by atoms with Crippen LogP contribution in [0, 0.1) is 5.92 Å². The number of aromatic nitrogens is 2. The zero-order valence-electron chi connectivity index (χ0n) is 10.8. The number of hydrogen-bond donors (Lipinski definition) is 1. The Kier molecular flexibility index (Phi) is 2.76. The van der Waals surface area contributed by atoms with E-state index in [1.807, 2.05) is 11.8 Å². The first-order valence-electron chi connectivity index (χ1n) is 6.83. The number of anilines is 1. The van der Waals surface area contributed by atoms with Crippen LogP contribution in [0.2, 0.25) is 0 Å². The van der Waals surface area contributed by atoms with E-state index in [1.54, 1.807) is 10.9 Å². The van der Waals surface area contributed by atoms with Gasteiger partial charge in [-0.3, -0.25) is 9.48 Å². The molecule has 0 saturated heterocycles. The van der Waals surface area contributed by atoms with E-state index in [1.165, 1.54) is 12.8 Å². The lowest BCUT2D eigenvalue weighted by molar-refractivity contribution is 0.0729. The molecule has 1 heterocycles. The van der Waals surface area contributed by atoms with Crippen LogP contribution in [0.25, 0.3) is 0 Å². The van der Waals surface area contributed by atoms with Gasteiger partial charge in [-0.15, -0.1) is 0 Å². The van der Waals surface area contributed by atoms with Gasteiger partial charge in [-0.1, -0.05) is 0 Å². The first-order valence-corrected chi connectivity index (χ1v) is 6.83. The van der Waals surface area contributed by atoms with Crippen LogP contribution in [0.4, 0.5) is 5.69 Å². The number of nitrogens with two attached hydrogens (primary N) is 1. The van der Waals surface area contributed by atoms with Crippen molar-refractivity contribution >= 4 is 11.6 Å². The zero-order chi connectivity index (χ0) is 12.7. The van der Waals surface area contributed by atoms with Gasteiger partial charge >= 0.3 is 0 Å². The lowest BCUT2D eigenvalue weighted by Gasteiger charge is -2.21. The molecule has 0 atom stereocenters. The van der Waals surface area contributed by atoms with Crippen molar-refractivity contribution in [2.24, 2.45) is 5.92 Å². The largest absolute Gasteiger partial charge is 0.396 e. The van der Waals surface area contributed by atoms with Gasteiger partial charge in [-0.25, -0.2) is 0 Å². The molecule has 1 aromatic rings. The molecule has 0 aliphatic heterocycles. The topological polar surface area (TPSA) is 64.2 Å². The van der Waals surface area contributed by atoms with Gasteiger partial charge in [0, 0.05) is 25.3 Å². The summed E-state index contributed by atoms with van der Waals surface area (Å²) in [5.41, 5.74) is 6.83. The molecule has 0 unspecified atom stereocenters. The minimum absolute atomic E-state index is 0.0223. The van der Waals surface area contributed by atoms with Crippen LogP contribution in [0.3, 0.4) is 0 Å². The Morgan fingerprint density at radius 3 is 2.72 bits per heavy atom. The van der Waals surface area contributed by atoms with Gasteiger partial charge in [0.1, 0.15) is 0 Å². The number of carbonyl (C=O) groups excluding carboxylic acids is 1. The van der Waals surface area contributed by atoms with E-state index < -0.39 is 0 Å². The number of nitrogen functional groups attached to an aromatic ring is 1. The summed E-state index contributed by atoms with van der Waals surface area (Å²) in [6, 6.07) is 0.435. The van der Waals surface area contributed by atoms with Crippen molar-refractivity contribution < 1.29 is 4.79 Å². The molecule has 0 bridgehead atoms. The van der Waals surface area contributed by atoms with E-state index in [0.717, 1.165) is 25.9 Å². The molecule has 2 fully saturated rings.